The molecule has 19 heavy (non-hydrogen) atoms. The molecule has 0 fully saturated rings. The van der Waals surface area contributed by atoms with Gasteiger partial charge in [-0.25, -0.2) is 0 Å². The Morgan fingerprint density at radius 2 is 1.68 bits per heavy atom. The van der Waals surface area contributed by atoms with E-state index in [1.165, 1.54) is 27.7 Å². The molecule has 3 aromatic rings. The summed E-state index contributed by atoms with van der Waals surface area (Å²) in [5, 5.41) is 4.52. The molecular weight excluding hydrogens is 232 g/mol. The summed E-state index contributed by atoms with van der Waals surface area (Å²) >= 11 is 0. The minimum Gasteiger partial charge on any atom is -0.358 e. The maximum absolute atomic E-state index is 3.56. The summed E-state index contributed by atoms with van der Waals surface area (Å²) in [6.07, 6.45) is 1.01. The van der Waals surface area contributed by atoms with Gasteiger partial charge in [0, 0.05) is 35.1 Å². The normalized spacial score (nSPS) is 11.0. The van der Waals surface area contributed by atoms with E-state index in [0.29, 0.717) is 0 Å². The average Bonchev–Trinajstić information content (AvgIpc) is 2.84. The highest BCUT2D eigenvalue weighted by Gasteiger charge is 2.12. The summed E-state index contributed by atoms with van der Waals surface area (Å²) < 4.78 is 0. The first-order valence-corrected chi connectivity index (χ1v) is 6.70. The zero-order chi connectivity index (χ0) is 13.1. The molecule has 2 aromatic carbocycles. The van der Waals surface area contributed by atoms with Gasteiger partial charge in [0.2, 0.25) is 0 Å². The van der Waals surface area contributed by atoms with Crippen LogP contribution in [0.25, 0.3) is 22.0 Å². The molecule has 0 radical (unpaired) electrons. The molecule has 96 valence electrons. The second-order valence-electron chi connectivity index (χ2n) is 4.74. The Morgan fingerprint density at radius 1 is 0.947 bits per heavy atom. The van der Waals surface area contributed by atoms with E-state index >= 15 is 0 Å². The van der Waals surface area contributed by atoms with E-state index in [1.807, 2.05) is 7.05 Å². The van der Waals surface area contributed by atoms with Crippen molar-refractivity contribution in [2.24, 2.45) is 0 Å². The topological polar surface area (TPSA) is 27.8 Å². The Morgan fingerprint density at radius 3 is 2.47 bits per heavy atom. The fourth-order valence-corrected chi connectivity index (χ4v) is 2.57. The number of H-pyrrole nitrogens is 1. The van der Waals surface area contributed by atoms with Crippen LogP contribution in [0.5, 0.6) is 0 Å². The monoisotopic (exact) mass is 250 g/mol. The Bertz CT molecular complexity index is 668. The molecule has 1 heterocycles. The van der Waals surface area contributed by atoms with Crippen LogP contribution < -0.4 is 5.32 Å². The standard InChI is InChI=1S/C17H18N2/c1-18-12-11-16-17(13-7-3-2-4-8-13)14-9-5-6-10-15(14)19-16/h2-10,18-19H,11-12H2,1H3. The highest BCUT2D eigenvalue weighted by molar-refractivity contribution is 5.97. The van der Waals surface area contributed by atoms with Crippen LogP contribution in [0.1, 0.15) is 5.69 Å². The molecule has 0 amide bonds. The van der Waals surface area contributed by atoms with Crippen molar-refractivity contribution in [1.82, 2.24) is 10.3 Å². The van der Waals surface area contributed by atoms with Gasteiger partial charge in [-0.05, 0) is 18.7 Å². The summed E-state index contributed by atoms with van der Waals surface area (Å²) in [4.78, 5) is 3.56. The van der Waals surface area contributed by atoms with E-state index in [4.69, 9.17) is 0 Å². The highest BCUT2D eigenvalue weighted by atomic mass is 14.8. The first kappa shape index (κ1) is 12.0. The van der Waals surface area contributed by atoms with Crippen molar-refractivity contribution in [3.63, 3.8) is 0 Å². The predicted octanol–water partition coefficient (Wildman–Crippen LogP) is 3.60. The van der Waals surface area contributed by atoms with Crippen molar-refractivity contribution in [3.05, 3.63) is 60.3 Å². The first-order chi connectivity index (χ1) is 9.40. The van der Waals surface area contributed by atoms with Crippen molar-refractivity contribution in [3.8, 4) is 11.1 Å². The van der Waals surface area contributed by atoms with Crippen molar-refractivity contribution in [2.75, 3.05) is 13.6 Å². The van der Waals surface area contributed by atoms with E-state index in [-0.39, 0.29) is 0 Å². The maximum Gasteiger partial charge on any atom is 0.0462 e. The fourth-order valence-electron chi connectivity index (χ4n) is 2.57. The summed E-state index contributed by atoms with van der Waals surface area (Å²) in [6, 6.07) is 19.1. The van der Waals surface area contributed by atoms with E-state index in [9.17, 15) is 0 Å². The van der Waals surface area contributed by atoms with Gasteiger partial charge in [-0.2, -0.15) is 0 Å². The van der Waals surface area contributed by atoms with E-state index in [0.717, 1.165) is 13.0 Å². The Balaban J connectivity index is 2.19. The average molecular weight is 250 g/mol. The predicted molar refractivity (Wildman–Crippen MR) is 81.4 cm³/mol. The number of rotatable bonds is 4. The number of likely N-dealkylation sites (N-methyl/N-ethyl adjacent to an activating group) is 1. The Hall–Kier alpha value is -2.06. The third-order valence-electron chi connectivity index (χ3n) is 3.47. The van der Waals surface area contributed by atoms with Crippen molar-refractivity contribution >= 4 is 10.9 Å². The van der Waals surface area contributed by atoms with Gasteiger partial charge in [0.05, 0.1) is 0 Å². The number of aromatic amines is 1. The molecule has 0 aliphatic rings. The lowest BCUT2D eigenvalue weighted by atomic mass is 10.0. The number of nitrogens with one attached hydrogen (secondary N) is 2. The van der Waals surface area contributed by atoms with Crippen LogP contribution in [-0.4, -0.2) is 18.6 Å². The molecule has 3 rings (SSSR count). The lowest BCUT2D eigenvalue weighted by Gasteiger charge is -2.05. The number of para-hydroxylation sites is 1. The molecule has 0 aliphatic carbocycles. The molecule has 0 unspecified atom stereocenters. The van der Waals surface area contributed by atoms with E-state index in [1.54, 1.807) is 0 Å². The summed E-state index contributed by atoms with van der Waals surface area (Å²) in [7, 11) is 1.99. The SMILES string of the molecule is CNCCc1[nH]c2ccccc2c1-c1ccccc1. The van der Waals surface area contributed by atoms with Gasteiger partial charge in [0.1, 0.15) is 0 Å². The van der Waals surface area contributed by atoms with Gasteiger partial charge in [0.25, 0.3) is 0 Å². The van der Waals surface area contributed by atoms with Crippen LogP contribution in [0.3, 0.4) is 0 Å². The quantitative estimate of drug-likeness (QED) is 0.727. The van der Waals surface area contributed by atoms with Gasteiger partial charge in [-0.3, -0.25) is 0 Å². The molecule has 0 saturated heterocycles. The summed E-state index contributed by atoms with van der Waals surface area (Å²) in [5.74, 6) is 0. The summed E-state index contributed by atoms with van der Waals surface area (Å²) in [6.45, 7) is 0.979. The van der Waals surface area contributed by atoms with Crippen molar-refractivity contribution in [1.29, 1.82) is 0 Å². The van der Waals surface area contributed by atoms with Crippen molar-refractivity contribution < 1.29 is 0 Å². The number of benzene rings is 2. The third kappa shape index (κ3) is 2.27. The first-order valence-electron chi connectivity index (χ1n) is 6.70. The van der Waals surface area contributed by atoms with Crippen LogP contribution in [0.2, 0.25) is 0 Å². The maximum atomic E-state index is 3.56. The molecule has 2 N–H and O–H groups in total. The van der Waals surface area contributed by atoms with Gasteiger partial charge in [-0.1, -0.05) is 48.5 Å². The molecule has 2 heteroatoms. The minimum atomic E-state index is 0.979. The van der Waals surface area contributed by atoms with Crippen molar-refractivity contribution in [2.45, 2.75) is 6.42 Å². The zero-order valence-corrected chi connectivity index (χ0v) is 11.1. The van der Waals surface area contributed by atoms with E-state index in [2.05, 4.69) is 64.9 Å². The Kier molecular flexibility index (Phi) is 3.34. The number of fused-ring (bicyclic) bond motifs is 1. The zero-order valence-electron chi connectivity index (χ0n) is 11.1. The molecule has 2 nitrogen and oxygen atoms in total. The van der Waals surface area contributed by atoms with Gasteiger partial charge < -0.3 is 10.3 Å². The molecule has 0 saturated carbocycles. The molecular formula is C17H18N2. The van der Waals surface area contributed by atoms with Crippen LogP contribution in [0.15, 0.2) is 54.6 Å². The van der Waals surface area contributed by atoms with Crippen LogP contribution in [0, 0.1) is 0 Å². The molecule has 0 aliphatic heterocycles. The highest BCUT2D eigenvalue weighted by Crippen LogP contribution is 2.32. The van der Waals surface area contributed by atoms with Gasteiger partial charge in [0.15, 0.2) is 0 Å². The Labute approximate surface area is 113 Å². The molecule has 1 aromatic heterocycles. The smallest absolute Gasteiger partial charge is 0.0462 e. The van der Waals surface area contributed by atoms with E-state index < -0.39 is 0 Å². The third-order valence-corrected chi connectivity index (χ3v) is 3.47. The molecule has 0 bridgehead atoms. The molecule has 0 spiro atoms. The van der Waals surface area contributed by atoms with Crippen LogP contribution in [0.4, 0.5) is 0 Å². The number of hydrogen-bond acceptors (Lipinski definition) is 1. The van der Waals surface area contributed by atoms with Gasteiger partial charge >= 0.3 is 0 Å². The van der Waals surface area contributed by atoms with Gasteiger partial charge in [-0.15, -0.1) is 0 Å². The van der Waals surface area contributed by atoms with Crippen LogP contribution in [-0.2, 0) is 6.42 Å². The number of aromatic nitrogens is 1. The lowest BCUT2D eigenvalue weighted by Crippen LogP contribution is -2.10. The second kappa shape index (κ2) is 5.29. The number of hydrogen-bond donors (Lipinski definition) is 2. The minimum absolute atomic E-state index is 0.979. The lowest BCUT2D eigenvalue weighted by molar-refractivity contribution is 0.782. The summed E-state index contributed by atoms with van der Waals surface area (Å²) in [5.41, 5.74) is 5.15. The second-order valence-corrected chi connectivity index (χ2v) is 4.74. The van der Waals surface area contributed by atoms with Crippen LogP contribution >= 0.6 is 0 Å². The fraction of sp³-hybridized carbons (Fsp3) is 0.176. The largest absolute Gasteiger partial charge is 0.358 e. The molecule has 0 atom stereocenters.